The Morgan fingerprint density at radius 1 is 1.45 bits per heavy atom. The summed E-state index contributed by atoms with van der Waals surface area (Å²) in [5.74, 6) is 0.890. The Bertz CT molecular complexity index is 283. The summed E-state index contributed by atoms with van der Waals surface area (Å²) in [7, 11) is 1.72. The molecule has 118 valence electrons. The van der Waals surface area contributed by atoms with Gasteiger partial charge in [0.15, 0.2) is 5.96 Å². The number of guanidine groups is 1. The van der Waals surface area contributed by atoms with Gasteiger partial charge < -0.3 is 15.4 Å². The topological polar surface area (TPSA) is 48.9 Å². The lowest BCUT2D eigenvalue weighted by Gasteiger charge is -2.32. The molecule has 0 bridgehead atoms. The van der Waals surface area contributed by atoms with Crippen LogP contribution in [0.15, 0.2) is 4.99 Å². The minimum Gasteiger partial charge on any atom is -0.383 e. The lowest BCUT2D eigenvalue weighted by atomic mass is 10.0. The highest BCUT2D eigenvalue weighted by Gasteiger charge is 2.17. The fraction of sp³-hybridized carbons (Fsp3) is 0.933. The fourth-order valence-corrected chi connectivity index (χ4v) is 2.63. The predicted octanol–water partition coefficient (Wildman–Crippen LogP) is 1.45. The van der Waals surface area contributed by atoms with Gasteiger partial charge in [0.05, 0.1) is 13.2 Å². The number of rotatable bonds is 7. The van der Waals surface area contributed by atoms with Crippen LogP contribution in [0.25, 0.3) is 0 Å². The summed E-state index contributed by atoms with van der Waals surface area (Å²) in [6.07, 6.45) is 4.03. The van der Waals surface area contributed by atoms with Crippen LogP contribution < -0.4 is 10.6 Å². The molecule has 1 fully saturated rings. The van der Waals surface area contributed by atoms with E-state index >= 15 is 0 Å². The van der Waals surface area contributed by atoms with E-state index < -0.39 is 0 Å². The van der Waals surface area contributed by atoms with E-state index in [4.69, 9.17) is 4.74 Å². The van der Waals surface area contributed by atoms with Crippen molar-refractivity contribution in [2.45, 2.75) is 52.1 Å². The maximum absolute atomic E-state index is 5.14. The predicted molar refractivity (Wildman–Crippen MR) is 85.3 cm³/mol. The highest BCUT2D eigenvalue weighted by atomic mass is 16.5. The smallest absolute Gasteiger partial charge is 0.191 e. The molecule has 5 heteroatoms. The van der Waals surface area contributed by atoms with Gasteiger partial charge in [-0.1, -0.05) is 6.42 Å². The number of nitrogens with zero attached hydrogens (tertiary/aromatic N) is 2. The second-order valence-electron chi connectivity index (χ2n) is 5.64. The molecule has 0 spiro atoms. The second kappa shape index (κ2) is 10.00. The van der Waals surface area contributed by atoms with Gasteiger partial charge in [0.1, 0.15) is 0 Å². The summed E-state index contributed by atoms with van der Waals surface area (Å²) in [6.45, 7) is 11.2. The van der Waals surface area contributed by atoms with Gasteiger partial charge >= 0.3 is 0 Å². The first-order valence-corrected chi connectivity index (χ1v) is 7.95. The molecule has 2 unspecified atom stereocenters. The number of hydrogen-bond donors (Lipinski definition) is 2. The van der Waals surface area contributed by atoms with Crippen LogP contribution in [0.1, 0.15) is 40.0 Å². The minimum absolute atomic E-state index is 0.270. The molecule has 2 N–H and O–H groups in total. The van der Waals surface area contributed by atoms with E-state index in [1.54, 1.807) is 7.11 Å². The van der Waals surface area contributed by atoms with Crippen molar-refractivity contribution in [3.8, 4) is 0 Å². The van der Waals surface area contributed by atoms with Crippen molar-refractivity contribution >= 4 is 5.96 Å². The Kier molecular flexibility index (Phi) is 8.62. The van der Waals surface area contributed by atoms with Crippen LogP contribution in [-0.2, 0) is 4.74 Å². The lowest BCUT2D eigenvalue weighted by Crippen LogP contribution is -2.44. The van der Waals surface area contributed by atoms with Gasteiger partial charge in [-0.05, 0) is 40.2 Å². The molecule has 2 atom stereocenters. The molecule has 1 heterocycles. The molecule has 0 aromatic heterocycles. The van der Waals surface area contributed by atoms with Crippen LogP contribution in [0.5, 0.6) is 0 Å². The lowest BCUT2D eigenvalue weighted by molar-refractivity contribution is 0.165. The Hall–Kier alpha value is -0.810. The van der Waals surface area contributed by atoms with E-state index in [2.05, 4.69) is 41.3 Å². The van der Waals surface area contributed by atoms with E-state index in [0.29, 0.717) is 12.6 Å². The van der Waals surface area contributed by atoms with Crippen molar-refractivity contribution in [3.05, 3.63) is 0 Å². The summed E-state index contributed by atoms with van der Waals surface area (Å²) in [6, 6.07) is 0.980. The number of methoxy groups -OCH3 is 1. The largest absolute Gasteiger partial charge is 0.383 e. The third kappa shape index (κ3) is 6.57. The van der Waals surface area contributed by atoms with E-state index in [0.717, 1.165) is 25.6 Å². The van der Waals surface area contributed by atoms with Crippen molar-refractivity contribution < 1.29 is 4.74 Å². The SMILES string of the molecule is CCNC(=NCCN1CCCCC1C)NC(C)COC. The quantitative estimate of drug-likeness (QED) is 0.549. The third-order valence-electron chi connectivity index (χ3n) is 3.74. The summed E-state index contributed by atoms with van der Waals surface area (Å²) in [5.41, 5.74) is 0. The average Bonchev–Trinajstić information content (AvgIpc) is 2.41. The third-order valence-corrected chi connectivity index (χ3v) is 3.74. The van der Waals surface area contributed by atoms with Crippen molar-refractivity contribution in [2.75, 3.05) is 39.9 Å². The van der Waals surface area contributed by atoms with E-state index in [9.17, 15) is 0 Å². The normalized spacial score (nSPS) is 22.6. The van der Waals surface area contributed by atoms with E-state index in [1.165, 1.54) is 25.8 Å². The molecule has 0 radical (unpaired) electrons. The van der Waals surface area contributed by atoms with Gasteiger partial charge in [-0.2, -0.15) is 0 Å². The first-order valence-electron chi connectivity index (χ1n) is 7.95. The Balaban J connectivity index is 2.37. The maximum atomic E-state index is 5.14. The van der Waals surface area contributed by atoms with Crippen LogP contribution in [0.3, 0.4) is 0 Å². The van der Waals surface area contributed by atoms with E-state index in [1.807, 2.05) is 0 Å². The molecule has 0 aromatic carbocycles. The summed E-state index contributed by atoms with van der Waals surface area (Å²) in [5, 5.41) is 6.65. The van der Waals surface area contributed by atoms with Gasteiger partial charge in [0.2, 0.25) is 0 Å². The standard InChI is InChI=1S/C15H32N4O/c1-5-16-15(18-13(2)12-20-4)17-9-11-19-10-7-6-8-14(19)3/h13-14H,5-12H2,1-4H3,(H2,16,17,18). The fourth-order valence-electron chi connectivity index (χ4n) is 2.63. The van der Waals surface area contributed by atoms with Crippen LogP contribution >= 0.6 is 0 Å². The second-order valence-corrected chi connectivity index (χ2v) is 5.64. The van der Waals surface area contributed by atoms with E-state index in [-0.39, 0.29) is 6.04 Å². The molecule has 0 saturated carbocycles. The maximum Gasteiger partial charge on any atom is 0.191 e. The zero-order valence-electron chi connectivity index (χ0n) is 13.6. The molecule has 1 aliphatic rings. The van der Waals surface area contributed by atoms with Crippen molar-refractivity contribution in [1.82, 2.24) is 15.5 Å². The number of likely N-dealkylation sites (tertiary alicyclic amines) is 1. The van der Waals surface area contributed by atoms with Gasteiger partial charge in [-0.3, -0.25) is 9.89 Å². The minimum atomic E-state index is 0.270. The number of ether oxygens (including phenoxy) is 1. The molecule has 1 aliphatic heterocycles. The summed E-state index contributed by atoms with van der Waals surface area (Å²) < 4.78 is 5.14. The molecule has 20 heavy (non-hydrogen) atoms. The molecule has 0 amide bonds. The Morgan fingerprint density at radius 3 is 2.90 bits per heavy atom. The molecule has 1 rings (SSSR count). The van der Waals surface area contributed by atoms with Crippen molar-refractivity contribution in [2.24, 2.45) is 4.99 Å². The summed E-state index contributed by atoms with van der Waals surface area (Å²) >= 11 is 0. The van der Waals surface area contributed by atoms with Crippen molar-refractivity contribution in [1.29, 1.82) is 0 Å². The molecule has 5 nitrogen and oxygen atoms in total. The summed E-state index contributed by atoms with van der Waals surface area (Å²) in [4.78, 5) is 7.21. The van der Waals surface area contributed by atoms with Crippen LogP contribution in [-0.4, -0.2) is 62.8 Å². The average molecular weight is 284 g/mol. The number of piperidine rings is 1. The number of hydrogen-bond acceptors (Lipinski definition) is 3. The molecule has 0 aliphatic carbocycles. The number of aliphatic imine (C=N–C) groups is 1. The van der Waals surface area contributed by atoms with Crippen LogP contribution in [0.2, 0.25) is 0 Å². The Labute approximate surface area is 124 Å². The highest BCUT2D eigenvalue weighted by molar-refractivity contribution is 5.80. The Morgan fingerprint density at radius 2 is 2.25 bits per heavy atom. The molecular weight excluding hydrogens is 252 g/mol. The van der Waals surface area contributed by atoms with Crippen LogP contribution in [0, 0.1) is 0 Å². The monoisotopic (exact) mass is 284 g/mol. The van der Waals surface area contributed by atoms with Gasteiger partial charge in [0, 0.05) is 32.3 Å². The van der Waals surface area contributed by atoms with Crippen LogP contribution in [0.4, 0.5) is 0 Å². The molecular formula is C15H32N4O. The van der Waals surface area contributed by atoms with Gasteiger partial charge in [-0.15, -0.1) is 0 Å². The first kappa shape index (κ1) is 17.2. The molecule has 0 aromatic rings. The zero-order chi connectivity index (χ0) is 14.8. The first-order chi connectivity index (χ1) is 9.67. The zero-order valence-corrected chi connectivity index (χ0v) is 13.6. The number of nitrogens with one attached hydrogen (secondary N) is 2. The molecule has 1 saturated heterocycles. The van der Waals surface area contributed by atoms with Gasteiger partial charge in [-0.25, -0.2) is 0 Å². The van der Waals surface area contributed by atoms with Gasteiger partial charge in [0.25, 0.3) is 0 Å². The highest BCUT2D eigenvalue weighted by Crippen LogP contribution is 2.15. The van der Waals surface area contributed by atoms with Crippen molar-refractivity contribution in [3.63, 3.8) is 0 Å².